The Hall–Kier alpha value is -3.80. The number of rotatable bonds is 4. The number of benzene rings is 4. The van der Waals surface area contributed by atoms with Crippen LogP contribution in [0.4, 0.5) is 11.4 Å². The van der Waals surface area contributed by atoms with Crippen molar-refractivity contribution in [1.29, 1.82) is 0 Å². The van der Waals surface area contributed by atoms with Crippen LogP contribution in [0, 0.1) is 0 Å². The van der Waals surface area contributed by atoms with Crippen LogP contribution in [0.3, 0.4) is 0 Å². The van der Waals surface area contributed by atoms with Gasteiger partial charge in [0.1, 0.15) is 11.3 Å². The van der Waals surface area contributed by atoms with Gasteiger partial charge in [0.2, 0.25) is 5.43 Å². The molecule has 0 unspecified atom stereocenters. The lowest BCUT2D eigenvalue weighted by Gasteiger charge is -2.23. The smallest absolute Gasteiger partial charge is 0.336 e. The van der Waals surface area contributed by atoms with Gasteiger partial charge in [0.25, 0.3) is 0 Å². The second-order valence-corrected chi connectivity index (χ2v) is 8.62. The van der Waals surface area contributed by atoms with Gasteiger partial charge in [-0.2, -0.15) is 0 Å². The Kier molecular flexibility index (Phi) is 5.52. The quantitative estimate of drug-likeness (QED) is 0.267. The zero-order chi connectivity index (χ0) is 24.0. The van der Waals surface area contributed by atoms with E-state index in [0.29, 0.717) is 44.1 Å². The zero-order valence-corrected chi connectivity index (χ0v) is 19.4. The topological polar surface area (TPSA) is 70.8 Å². The maximum absolute atomic E-state index is 12.3. The second kappa shape index (κ2) is 8.52. The molecular formula is C27H17Cl2NO4. The van der Waals surface area contributed by atoms with E-state index in [9.17, 15) is 14.7 Å². The minimum absolute atomic E-state index is 0.0163. The second-order valence-electron chi connectivity index (χ2n) is 7.80. The Balaban J connectivity index is 1.88. The van der Waals surface area contributed by atoms with E-state index >= 15 is 0 Å². The van der Waals surface area contributed by atoms with Gasteiger partial charge in [0.15, 0.2) is 0 Å². The molecule has 0 amide bonds. The predicted octanol–water partition coefficient (Wildman–Crippen LogP) is 7.34. The van der Waals surface area contributed by atoms with Gasteiger partial charge < -0.3 is 14.4 Å². The number of carboxylic acids is 1. The molecule has 7 heteroatoms. The summed E-state index contributed by atoms with van der Waals surface area (Å²) in [6.45, 7) is 0. The number of nitrogens with zero attached hydrogens (tertiary/aromatic N) is 1. The van der Waals surface area contributed by atoms with E-state index < -0.39 is 5.97 Å². The molecule has 0 bridgehead atoms. The number of fused-ring (bicyclic) bond motifs is 2. The SMILES string of the molecule is CN(c1ccccc1)c1cc2oc3cc(=O)c(Cl)cc-3c(-c3ccccc3C(=O)O)c2cc1Cl. The molecule has 1 aliphatic carbocycles. The number of para-hydroxylation sites is 1. The maximum atomic E-state index is 12.3. The van der Waals surface area contributed by atoms with Crippen LogP contribution in [0.5, 0.6) is 0 Å². The van der Waals surface area contributed by atoms with E-state index in [-0.39, 0.29) is 16.0 Å². The first kappa shape index (κ1) is 22.0. The zero-order valence-electron chi connectivity index (χ0n) is 17.9. The third-order valence-corrected chi connectivity index (χ3v) is 6.37. The van der Waals surface area contributed by atoms with Gasteiger partial charge in [-0.15, -0.1) is 0 Å². The van der Waals surface area contributed by atoms with Crippen LogP contribution in [-0.4, -0.2) is 18.1 Å². The van der Waals surface area contributed by atoms with E-state index in [2.05, 4.69) is 0 Å². The van der Waals surface area contributed by atoms with Gasteiger partial charge in [0, 0.05) is 41.4 Å². The molecule has 0 atom stereocenters. The first-order chi connectivity index (χ1) is 16.3. The molecule has 2 aliphatic rings. The summed E-state index contributed by atoms with van der Waals surface area (Å²) < 4.78 is 6.13. The van der Waals surface area contributed by atoms with Gasteiger partial charge in [0.05, 0.1) is 21.3 Å². The van der Waals surface area contributed by atoms with E-state index in [1.54, 1.807) is 30.3 Å². The summed E-state index contributed by atoms with van der Waals surface area (Å²) in [5, 5.41) is 10.9. The lowest BCUT2D eigenvalue weighted by atomic mass is 9.90. The molecule has 1 heterocycles. The first-order valence-electron chi connectivity index (χ1n) is 10.4. The minimum atomic E-state index is -1.07. The van der Waals surface area contributed by atoms with E-state index in [0.717, 1.165) is 5.69 Å². The fourth-order valence-electron chi connectivity index (χ4n) is 4.13. The Morgan fingerprint density at radius 1 is 0.882 bits per heavy atom. The third-order valence-electron chi connectivity index (χ3n) is 5.77. The summed E-state index contributed by atoms with van der Waals surface area (Å²) >= 11 is 12.9. The van der Waals surface area contributed by atoms with Crippen molar-refractivity contribution < 1.29 is 14.3 Å². The van der Waals surface area contributed by atoms with Crippen molar-refractivity contribution in [3.8, 4) is 22.5 Å². The number of aromatic carboxylic acids is 1. The van der Waals surface area contributed by atoms with Crippen molar-refractivity contribution in [2.45, 2.75) is 0 Å². The molecule has 1 aliphatic heterocycles. The van der Waals surface area contributed by atoms with Gasteiger partial charge in [-0.05, 0) is 35.9 Å². The highest BCUT2D eigenvalue weighted by molar-refractivity contribution is 6.34. The Morgan fingerprint density at radius 2 is 1.59 bits per heavy atom. The number of anilines is 2. The molecular weight excluding hydrogens is 473 g/mol. The highest BCUT2D eigenvalue weighted by atomic mass is 35.5. The van der Waals surface area contributed by atoms with E-state index in [1.807, 2.05) is 42.3 Å². The predicted molar refractivity (Wildman–Crippen MR) is 136 cm³/mol. The van der Waals surface area contributed by atoms with Crippen LogP contribution in [0.25, 0.3) is 33.4 Å². The van der Waals surface area contributed by atoms with Crippen LogP contribution in [0.15, 0.2) is 88.1 Å². The molecule has 5 rings (SSSR count). The van der Waals surface area contributed by atoms with Crippen molar-refractivity contribution in [2.24, 2.45) is 0 Å². The van der Waals surface area contributed by atoms with Gasteiger partial charge in [-0.25, -0.2) is 4.79 Å². The largest absolute Gasteiger partial charge is 0.478 e. The monoisotopic (exact) mass is 489 g/mol. The fraction of sp³-hybridized carbons (Fsp3) is 0.0370. The molecule has 0 saturated carbocycles. The number of carbonyl (C=O) groups is 1. The highest BCUT2D eigenvalue weighted by Gasteiger charge is 2.24. The fourth-order valence-corrected chi connectivity index (χ4v) is 4.58. The normalized spacial score (nSPS) is 11.1. The summed E-state index contributed by atoms with van der Waals surface area (Å²) in [4.78, 5) is 26.2. The molecule has 0 radical (unpaired) electrons. The molecule has 34 heavy (non-hydrogen) atoms. The minimum Gasteiger partial charge on any atom is -0.478 e. The van der Waals surface area contributed by atoms with Crippen molar-refractivity contribution in [3.05, 3.63) is 105 Å². The Bertz CT molecular complexity index is 1590. The summed E-state index contributed by atoms with van der Waals surface area (Å²) in [6.07, 6.45) is 0. The molecule has 0 spiro atoms. The standard InChI is InChI=1S/C27H17Cl2NO4/c1-30(15-7-3-2-4-8-15)22-13-24-18(11-20(22)28)26(16-9-5-6-10-17(16)27(32)33)19-12-21(29)23(31)14-25(19)34-24/h2-14H,1H3,(H,32,33). The van der Waals surface area contributed by atoms with Gasteiger partial charge in [-0.3, -0.25) is 4.79 Å². The van der Waals surface area contributed by atoms with Crippen LogP contribution in [0.2, 0.25) is 10.0 Å². The van der Waals surface area contributed by atoms with E-state index in [4.69, 9.17) is 27.6 Å². The molecule has 3 aromatic rings. The molecule has 0 aromatic heterocycles. The van der Waals surface area contributed by atoms with Crippen molar-refractivity contribution >= 4 is 51.5 Å². The average molecular weight is 490 g/mol. The first-order valence-corrected chi connectivity index (χ1v) is 11.1. The van der Waals surface area contributed by atoms with E-state index in [1.165, 1.54) is 18.2 Å². The molecule has 3 aromatic carbocycles. The van der Waals surface area contributed by atoms with Crippen LogP contribution >= 0.6 is 23.2 Å². The number of halogens is 2. The lowest BCUT2D eigenvalue weighted by molar-refractivity contribution is 0.0697. The number of hydrogen-bond acceptors (Lipinski definition) is 4. The summed E-state index contributed by atoms with van der Waals surface area (Å²) in [7, 11) is 1.89. The molecule has 5 nitrogen and oxygen atoms in total. The Labute approximate surface area is 204 Å². The van der Waals surface area contributed by atoms with Gasteiger partial charge in [-0.1, -0.05) is 59.6 Å². The highest BCUT2D eigenvalue weighted by Crippen LogP contribution is 2.45. The van der Waals surface area contributed by atoms with Crippen LogP contribution in [-0.2, 0) is 0 Å². The van der Waals surface area contributed by atoms with Gasteiger partial charge >= 0.3 is 5.97 Å². The van der Waals surface area contributed by atoms with Crippen LogP contribution in [0.1, 0.15) is 10.4 Å². The maximum Gasteiger partial charge on any atom is 0.336 e. The molecule has 0 fully saturated rings. The number of hydrogen-bond donors (Lipinski definition) is 1. The summed E-state index contributed by atoms with van der Waals surface area (Å²) in [5.41, 5.74) is 3.36. The lowest BCUT2D eigenvalue weighted by Crippen LogP contribution is -2.10. The van der Waals surface area contributed by atoms with Crippen molar-refractivity contribution in [2.75, 3.05) is 11.9 Å². The van der Waals surface area contributed by atoms with Crippen molar-refractivity contribution in [3.63, 3.8) is 0 Å². The number of carboxylic acid groups (broad SMARTS) is 1. The molecule has 168 valence electrons. The van der Waals surface area contributed by atoms with Crippen LogP contribution < -0.4 is 10.3 Å². The third kappa shape index (κ3) is 3.69. The average Bonchev–Trinajstić information content (AvgIpc) is 2.83. The summed E-state index contributed by atoms with van der Waals surface area (Å²) in [5.74, 6) is -0.775. The summed E-state index contributed by atoms with van der Waals surface area (Å²) in [6, 6.07) is 22.7. The Morgan fingerprint density at radius 3 is 2.32 bits per heavy atom. The molecule has 1 N–H and O–H groups in total. The van der Waals surface area contributed by atoms with Crippen molar-refractivity contribution in [1.82, 2.24) is 0 Å². The molecule has 0 saturated heterocycles.